The van der Waals surface area contributed by atoms with Gasteiger partial charge in [-0.1, -0.05) is 6.07 Å². The molecule has 1 amide bonds. The number of aryl methyl sites for hydroxylation is 2. The lowest BCUT2D eigenvalue weighted by Crippen LogP contribution is -2.14. The van der Waals surface area contributed by atoms with Crippen LogP contribution in [0.3, 0.4) is 0 Å². The zero-order valence-electron chi connectivity index (χ0n) is 18.2. The maximum absolute atomic E-state index is 12.6. The van der Waals surface area contributed by atoms with E-state index < -0.39 is 10.0 Å². The van der Waals surface area contributed by atoms with Gasteiger partial charge in [0, 0.05) is 24.0 Å². The third-order valence-electron chi connectivity index (χ3n) is 4.86. The lowest BCUT2D eigenvalue weighted by atomic mass is 10.1. The lowest BCUT2D eigenvalue weighted by molar-refractivity contribution is 0.102. The average Bonchev–Trinajstić information content (AvgIpc) is 2.77. The van der Waals surface area contributed by atoms with E-state index in [4.69, 9.17) is 9.47 Å². The largest absolute Gasteiger partial charge is 0.491 e. The number of rotatable bonds is 9. The molecule has 32 heavy (non-hydrogen) atoms. The van der Waals surface area contributed by atoms with Crippen LogP contribution in [0, 0.1) is 13.8 Å². The van der Waals surface area contributed by atoms with Gasteiger partial charge in [0.05, 0.1) is 11.5 Å². The molecule has 3 aromatic carbocycles. The minimum Gasteiger partial charge on any atom is -0.491 e. The first-order valence-electron chi connectivity index (χ1n) is 10.0. The highest BCUT2D eigenvalue weighted by molar-refractivity contribution is 7.92. The summed E-state index contributed by atoms with van der Waals surface area (Å²) in [7, 11) is -2.11. The normalized spacial score (nSPS) is 11.1. The molecule has 0 saturated carbocycles. The molecule has 0 aliphatic carbocycles. The van der Waals surface area contributed by atoms with Crippen molar-refractivity contribution < 1.29 is 22.7 Å². The molecule has 0 fully saturated rings. The molecule has 8 heteroatoms. The monoisotopic (exact) mass is 454 g/mol. The first-order chi connectivity index (χ1) is 15.3. The van der Waals surface area contributed by atoms with Crippen LogP contribution in [0.25, 0.3) is 0 Å². The van der Waals surface area contributed by atoms with Gasteiger partial charge >= 0.3 is 0 Å². The van der Waals surface area contributed by atoms with E-state index in [1.165, 1.54) is 0 Å². The van der Waals surface area contributed by atoms with Crippen molar-refractivity contribution >= 4 is 27.3 Å². The van der Waals surface area contributed by atoms with Crippen LogP contribution in [0.4, 0.5) is 11.4 Å². The quantitative estimate of drug-likeness (QED) is 0.468. The molecular formula is C24H26N2O5S. The van der Waals surface area contributed by atoms with E-state index in [0.29, 0.717) is 35.9 Å². The van der Waals surface area contributed by atoms with Crippen LogP contribution in [0.15, 0.2) is 71.6 Å². The van der Waals surface area contributed by atoms with E-state index in [0.717, 1.165) is 11.1 Å². The first kappa shape index (κ1) is 23.3. The molecule has 2 N–H and O–H groups in total. The molecule has 0 bridgehead atoms. The summed E-state index contributed by atoms with van der Waals surface area (Å²) in [5.41, 5.74) is 3.31. The maximum atomic E-state index is 12.6. The van der Waals surface area contributed by atoms with Crippen molar-refractivity contribution in [1.29, 1.82) is 0 Å². The summed E-state index contributed by atoms with van der Waals surface area (Å²) in [4.78, 5) is 12.7. The number of ether oxygens (including phenoxy) is 2. The Kier molecular flexibility index (Phi) is 7.50. The van der Waals surface area contributed by atoms with Crippen LogP contribution in [-0.2, 0) is 14.8 Å². The second-order valence-corrected chi connectivity index (χ2v) is 8.93. The summed E-state index contributed by atoms with van der Waals surface area (Å²) in [5, 5.41) is 2.80. The highest BCUT2D eigenvalue weighted by Gasteiger charge is 2.15. The summed E-state index contributed by atoms with van der Waals surface area (Å²) >= 11 is 0. The maximum Gasteiger partial charge on any atom is 0.261 e. The number of methoxy groups -OCH3 is 1. The number of carbonyl (C=O) groups excluding carboxylic acids is 1. The Labute approximate surface area is 188 Å². The van der Waals surface area contributed by atoms with E-state index in [1.54, 1.807) is 73.8 Å². The highest BCUT2D eigenvalue weighted by atomic mass is 32.2. The molecular weight excluding hydrogens is 428 g/mol. The van der Waals surface area contributed by atoms with Gasteiger partial charge in [0.1, 0.15) is 12.4 Å². The number of hydrogen-bond acceptors (Lipinski definition) is 5. The Balaban J connectivity index is 1.62. The second-order valence-electron chi connectivity index (χ2n) is 7.25. The fourth-order valence-corrected chi connectivity index (χ4v) is 4.01. The van der Waals surface area contributed by atoms with Crippen LogP contribution in [0.2, 0.25) is 0 Å². The van der Waals surface area contributed by atoms with Crippen molar-refractivity contribution in [2.45, 2.75) is 18.7 Å². The van der Waals surface area contributed by atoms with E-state index >= 15 is 0 Å². The van der Waals surface area contributed by atoms with Crippen LogP contribution in [0.1, 0.15) is 21.5 Å². The number of anilines is 2. The van der Waals surface area contributed by atoms with Gasteiger partial charge in [0.25, 0.3) is 15.9 Å². The molecule has 0 aliphatic rings. The first-order valence-corrected chi connectivity index (χ1v) is 11.5. The Morgan fingerprint density at radius 2 is 1.50 bits per heavy atom. The molecule has 0 heterocycles. The zero-order chi connectivity index (χ0) is 23.1. The Bertz CT molecular complexity index is 1170. The lowest BCUT2D eigenvalue weighted by Gasteiger charge is -2.11. The molecule has 0 aromatic heterocycles. The summed E-state index contributed by atoms with van der Waals surface area (Å²) in [6.07, 6.45) is 0. The van der Waals surface area contributed by atoms with Gasteiger partial charge in [-0.15, -0.1) is 0 Å². The standard InChI is InChI=1S/C24H26N2O5S/c1-17-4-13-23(16-18(17)2)32(28,29)26-21-7-5-19(6-8-21)24(27)25-20-9-11-22(12-10-20)31-15-14-30-3/h4-13,16,26H,14-15H2,1-3H3,(H,25,27). The van der Waals surface area contributed by atoms with Crippen molar-refractivity contribution in [2.75, 3.05) is 30.4 Å². The molecule has 0 saturated heterocycles. The van der Waals surface area contributed by atoms with Gasteiger partial charge in [0.2, 0.25) is 0 Å². The molecule has 168 valence electrons. The van der Waals surface area contributed by atoms with E-state index in [9.17, 15) is 13.2 Å². The molecule has 0 atom stereocenters. The SMILES string of the molecule is COCCOc1ccc(NC(=O)c2ccc(NS(=O)(=O)c3ccc(C)c(C)c3)cc2)cc1. The van der Waals surface area contributed by atoms with E-state index in [-0.39, 0.29) is 10.8 Å². The van der Waals surface area contributed by atoms with Crippen molar-refractivity contribution in [3.8, 4) is 5.75 Å². The van der Waals surface area contributed by atoms with Crippen LogP contribution < -0.4 is 14.8 Å². The van der Waals surface area contributed by atoms with Crippen molar-refractivity contribution in [2.24, 2.45) is 0 Å². The minimum absolute atomic E-state index is 0.192. The van der Waals surface area contributed by atoms with Crippen LogP contribution in [0.5, 0.6) is 5.75 Å². The van der Waals surface area contributed by atoms with Gasteiger partial charge in [0.15, 0.2) is 0 Å². The highest BCUT2D eigenvalue weighted by Crippen LogP contribution is 2.20. The molecule has 0 aliphatic heterocycles. The Morgan fingerprint density at radius 3 is 2.12 bits per heavy atom. The van der Waals surface area contributed by atoms with E-state index in [1.807, 2.05) is 13.8 Å². The summed E-state index contributed by atoms with van der Waals surface area (Å²) in [5.74, 6) is 0.377. The molecule has 0 unspecified atom stereocenters. The predicted molar refractivity (Wildman–Crippen MR) is 125 cm³/mol. The van der Waals surface area contributed by atoms with Crippen molar-refractivity contribution in [1.82, 2.24) is 0 Å². The van der Waals surface area contributed by atoms with E-state index in [2.05, 4.69) is 10.0 Å². The van der Waals surface area contributed by atoms with Gasteiger partial charge in [-0.3, -0.25) is 9.52 Å². The Hall–Kier alpha value is -3.36. The zero-order valence-corrected chi connectivity index (χ0v) is 19.0. The van der Waals surface area contributed by atoms with Gasteiger partial charge < -0.3 is 14.8 Å². The molecule has 0 spiro atoms. The van der Waals surface area contributed by atoms with Crippen LogP contribution >= 0.6 is 0 Å². The fourth-order valence-electron chi connectivity index (χ4n) is 2.87. The molecule has 3 aromatic rings. The van der Waals surface area contributed by atoms with Gasteiger partial charge in [-0.05, 0) is 85.6 Å². The third kappa shape index (κ3) is 6.09. The number of benzene rings is 3. The molecule has 3 rings (SSSR count). The number of carbonyl (C=O) groups is 1. The number of hydrogen-bond donors (Lipinski definition) is 2. The smallest absolute Gasteiger partial charge is 0.261 e. The van der Waals surface area contributed by atoms with Crippen molar-refractivity contribution in [3.63, 3.8) is 0 Å². The van der Waals surface area contributed by atoms with Crippen molar-refractivity contribution in [3.05, 3.63) is 83.4 Å². The Morgan fingerprint density at radius 1 is 0.844 bits per heavy atom. The number of amides is 1. The fraction of sp³-hybridized carbons (Fsp3) is 0.208. The predicted octanol–water partition coefficient (Wildman–Crippen LogP) is 4.38. The molecule has 7 nitrogen and oxygen atoms in total. The number of sulfonamides is 1. The topological polar surface area (TPSA) is 93.7 Å². The van der Waals surface area contributed by atoms with Gasteiger partial charge in [-0.2, -0.15) is 0 Å². The van der Waals surface area contributed by atoms with Gasteiger partial charge in [-0.25, -0.2) is 8.42 Å². The van der Waals surface area contributed by atoms with Crippen LogP contribution in [-0.4, -0.2) is 34.6 Å². The summed E-state index contributed by atoms with van der Waals surface area (Å²) in [6.45, 7) is 4.73. The summed E-state index contributed by atoms with van der Waals surface area (Å²) < 4.78 is 38.2. The molecule has 0 radical (unpaired) electrons. The second kappa shape index (κ2) is 10.3. The minimum atomic E-state index is -3.72. The third-order valence-corrected chi connectivity index (χ3v) is 6.24. The summed E-state index contributed by atoms with van der Waals surface area (Å²) in [6, 6.07) is 18.2. The number of nitrogens with one attached hydrogen (secondary N) is 2. The average molecular weight is 455 g/mol.